The molecule has 31 nitrogen and oxygen atoms in total. The molecule has 11 rings (SSSR count). The first-order valence-corrected chi connectivity index (χ1v) is 35.1. The molecule has 0 bridgehead atoms. The van der Waals surface area contributed by atoms with Crippen LogP contribution in [0, 0.1) is 64.7 Å². The molecule has 6 aromatic rings. The largest absolute Gasteiger partial charge is 0.481 e. The van der Waals surface area contributed by atoms with Gasteiger partial charge in [0.05, 0.1) is 30.7 Å². The number of carboxylic acids is 1. The van der Waals surface area contributed by atoms with E-state index in [1.54, 1.807) is 74.1 Å². The molecule has 606 valence electrons. The zero-order valence-electron chi connectivity index (χ0n) is 64.1. The number of aliphatic carboxylic acids is 1. The Balaban J connectivity index is 0.000000439. The SMILES string of the molecule is C.CC(C)(C)OC(=O)N1CC(CC(=O)NO)C1.CC(C)(C)OC(=O)N1CC(CC(=O)NOCc2ccccc2)C1.CC(C)(C)OC(=O)N1CC(CC(=O)O)C1.Cc1cc2ncnc(Cl)c2cc1C.Cc1cc2ncnc(N3CC(CC(=O)NO)C3)c2cc1C.NOCc1ccccc1.O=C(CC1CNC1)NO.[CH3-].[Pd]. The van der Waals surface area contributed by atoms with E-state index in [1.165, 1.54) is 33.5 Å². The van der Waals surface area contributed by atoms with E-state index in [0.717, 1.165) is 64.9 Å². The Labute approximate surface area is 657 Å². The number of ether oxygens (including phenoxy) is 3. The van der Waals surface area contributed by atoms with Gasteiger partial charge in [-0.1, -0.05) is 79.7 Å². The maximum atomic E-state index is 11.8. The van der Waals surface area contributed by atoms with Gasteiger partial charge in [-0.2, -0.15) is 0 Å². The number of hydroxylamine groups is 4. The maximum Gasteiger partial charge on any atom is 0.410 e. The Kier molecular flexibility index (Phi) is 41.2. The van der Waals surface area contributed by atoms with E-state index in [0.29, 0.717) is 82.8 Å². The number of halogens is 1. The van der Waals surface area contributed by atoms with E-state index < -0.39 is 28.7 Å². The van der Waals surface area contributed by atoms with Crippen molar-refractivity contribution in [2.24, 2.45) is 35.5 Å². The number of fused-ring (bicyclic) bond motifs is 2. The number of likely N-dealkylation sites (tertiary alicyclic amines) is 3. The predicted molar refractivity (Wildman–Crippen MR) is 407 cm³/mol. The molecule has 4 aromatic carbocycles. The van der Waals surface area contributed by atoms with Gasteiger partial charge in [-0.15, -0.1) is 0 Å². The van der Waals surface area contributed by atoms with Crippen LogP contribution in [0.1, 0.15) is 135 Å². The summed E-state index contributed by atoms with van der Waals surface area (Å²) in [6.45, 7) is 31.8. The molecule has 7 amide bonds. The third-order valence-corrected chi connectivity index (χ3v) is 16.8. The quantitative estimate of drug-likeness (QED) is 0.0107. The molecule has 5 fully saturated rings. The van der Waals surface area contributed by atoms with Crippen LogP contribution in [0.3, 0.4) is 0 Å². The maximum absolute atomic E-state index is 11.8. The molecule has 109 heavy (non-hydrogen) atoms. The van der Waals surface area contributed by atoms with Crippen LogP contribution in [0.5, 0.6) is 0 Å². The fourth-order valence-electron chi connectivity index (χ4n) is 10.6. The van der Waals surface area contributed by atoms with Crippen molar-refractivity contribution in [3.8, 4) is 0 Å². The molecule has 11 N–H and O–H groups in total. The van der Waals surface area contributed by atoms with Gasteiger partial charge in [0, 0.05) is 133 Å². The summed E-state index contributed by atoms with van der Waals surface area (Å²) in [7, 11) is 0. The van der Waals surface area contributed by atoms with Crippen LogP contribution in [0.25, 0.3) is 21.8 Å². The van der Waals surface area contributed by atoms with Gasteiger partial charge < -0.3 is 51.7 Å². The van der Waals surface area contributed by atoms with E-state index in [9.17, 15) is 38.4 Å². The first-order valence-electron chi connectivity index (χ1n) is 34.7. The van der Waals surface area contributed by atoms with Crippen LogP contribution in [-0.4, -0.2) is 185 Å². The Hall–Kier alpha value is -8.81. The van der Waals surface area contributed by atoms with Gasteiger partial charge in [-0.25, -0.2) is 62.1 Å². The van der Waals surface area contributed by atoms with Crippen molar-refractivity contribution in [3.63, 3.8) is 0 Å². The molecule has 0 spiro atoms. The summed E-state index contributed by atoms with van der Waals surface area (Å²) in [5.74, 6) is 4.78. The van der Waals surface area contributed by atoms with Crippen molar-refractivity contribution in [1.29, 1.82) is 0 Å². The molecule has 33 heteroatoms. The summed E-state index contributed by atoms with van der Waals surface area (Å²) in [4.78, 5) is 122. The predicted octanol–water partition coefficient (Wildman–Crippen LogP) is 10.3. The van der Waals surface area contributed by atoms with Crippen LogP contribution in [0.15, 0.2) is 97.6 Å². The number of carbonyl (C=O) groups is 8. The third kappa shape index (κ3) is 35.2. The minimum absolute atomic E-state index is 0. The third-order valence-electron chi connectivity index (χ3n) is 16.5. The van der Waals surface area contributed by atoms with E-state index in [-0.39, 0.29) is 108 Å². The molecule has 0 saturated carbocycles. The number of nitrogens with two attached hydrogens (primary N) is 1. The monoisotopic (exact) mass is 1630 g/mol. The number of anilines is 1. The number of aromatic nitrogens is 4. The zero-order valence-corrected chi connectivity index (χ0v) is 66.4. The molecule has 5 aliphatic heterocycles. The number of nitrogens with zero attached hydrogens (tertiary/aromatic N) is 8. The number of hydrogen-bond acceptors (Lipinski definition) is 23. The Morgan fingerprint density at radius 1 is 0.505 bits per heavy atom. The van der Waals surface area contributed by atoms with Gasteiger partial charge in [-0.3, -0.25) is 49.3 Å². The Morgan fingerprint density at radius 3 is 1.23 bits per heavy atom. The normalized spacial score (nSPS) is 14.5. The molecule has 5 saturated heterocycles. The van der Waals surface area contributed by atoms with Gasteiger partial charge >= 0.3 is 24.2 Å². The molecular formula is C76H112ClN14O17Pd-. The van der Waals surface area contributed by atoms with Crippen molar-refractivity contribution >= 4 is 87.1 Å². The fraction of sp³-hybridized carbons (Fsp3) is 0.513. The van der Waals surface area contributed by atoms with Crippen molar-refractivity contribution in [2.75, 3.05) is 70.3 Å². The van der Waals surface area contributed by atoms with Crippen molar-refractivity contribution in [2.45, 2.75) is 160 Å². The second kappa shape index (κ2) is 46.6. The molecule has 5 aliphatic rings. The van der Waals surface area contributed by atoms with Gasteiger partial charge in [-0.05, 0) is 167 Å². The standard InChI is InChI=1S/C17H24N2O4.C15H18N4O2.C10H9ClN2.C10H18N2O4.C10H17NO4.C7H9NO.C5H10N2O2.CH4.CH3.Pd/c1-17(2,3)23-16(21)19-10-14(11-19)9-15(20)18-22-12-13-7-5-4-6-8-13;1-9-3-12-13(4-10(9)2)16-8-17-15(12)19-6-11(7-19)5-14(20)18-21;1-6-3-8-9(4-7(6)2)12-5-13-10(8)11;1-10(2,3)16-9(14)12-5-7(6-12)4-8(13)11-15;1-10(2,3)15-9(14)11-5-7(6-11)4-8(12)13;8-9-6-7-4-2-1-3-5-7;8-5(7-9)1-4-2-6-3-4;;;/h4-8,14H,9-12H2,1-3H3,(H,18,20);3-4,8,11,21H,5-7H2,1-2H3,(H,18,20);3-5H,1-2H3;7,15H,4-6H2,1-3H3,(H,11,13);7H,4-6H2,1-3H3,(H,12,13);1-5H,6,8H2;4,6,9H,1-3H2,(H,7,8);1H4;1H3;/q;;;;;;;;-1;. The minimum Gasteiger partial charge on any atom is -0.481 e. The fourth-order valence-corrected chi connectivity index (χ4v) is 10.8. The minimum atomic E-state index is -0.816. The van der Waals surface area contributed by atoms with E-state index in [1.807, 2.05) is 93.6 Å². The van der Waals surface area contributed by atoms with Crippen LogP contribution in [-0.2, 0) is 81.5 Å². The van der Waals surface area contributed by atoms with Gasteiger partial charge in [0.1, 0.15) is 40.4 Å². The number of nitrogens with one attached hydrogen (secondary N) is 5. The number of aryl methyl sites for hydroxylation is 4. The van der Waals surface area contributed by atoms with Gasteiger partial charge in [0.15, 0.2) is 0 Å². The summed E-state index contributed by atoms with van der Waals surface area (Å²) in [6.07, 6.45) is 3.51. The Bertz CT molecular complexity index is 3840. The molecule has 0 unspecified atom stereocenters. The molecule has 2 aromatic heterocycles. The molecule has 0 aliphatic carbocycles. The topological polar surface area (TPSA) is 414 Å². The van der Waals surface area contributed by atoms with Crippen LogP contribution >= 0.6 is 11.6 Å². The smallest absolute Gasteiger partial charge is 0.410 e. The van der Waals surface area contributed by atoms with E-state index in [2.05, 4.69) is 80.3 Å². The number of rotatable bonds is 16. The average molecular weight is 1640 g/mol. The molecule has 0 radical (unpaired) electrons. The summed E-state index contributed by atoms with van der Waals surface area (Å²) in [6, 6.07) is 27.6. The number of benzene rings is 4. The summed E-state index contributed by atoms with van der Waals surface area (Å²) in [5.41, 5.74) is 14.6. The van der Waals surface area contributed by atoms with Crippen LogP contribution in [0.4, 0.5) is 20.2 Å². The first-order chi connectivity index (χ1) is 49.9. The second-order valence-electron chi connectivity index (χ2n) is 29.4. The van der Waals surface area contributed by atoms with Crippen molar-refractivity contribution < 1.29 is 103 Å². The summed E-state index contributed by atoms with van der Waals surface area (Å²) < 4.78 is 15.6. The van der Waals surface area contributed by atoms with Crippen LogP contribution in [0.2, 0.25) is 5.15 Å². The molecular weight excluding hydrogens is 1520 g/mol. The first kappa shape index (κ1) is 96.3. The van der Waals surface area contributed by atoms with Crippen molar-refractivity contribution in [3.05, 3.63) is 144 Å². The van der Waals surface area contributed by atoms with Crippen molar-refractivity contribution in [1.82, 2.24) is 61.9 Å². The van der Waals surface area contributed by atoms with Crippen LogP contribution < -0.4 is 38.0 Å². The molecule has 7 heterocycles. The number of carboxylic acid groups (broad SMARTS) is 1. The number of carbonyl (C=O) groups excluding carboxylic acids is 7. The van der Waals surface area contributed by atoms with Gasteiger partial charge in [0.2, 0.25) is 23.6 Å². The number of hydrogen-bond donors (Lipinski definition) is 10. The Morgan fingerprint density at radius 2 is 0.853 bits per heavy atom. The van der Waals surface area contributed by atoms with E-state index in [4.69, 9.17) is 57.3 Å². The second-order valence-corrected chi connectivity index (χ2v) is 29.8. The molecule has 0 atom stereocenters. The van der Waals surface area contributed by atoms with E-state index >= 15 is 0 Å². The summed E-state index contributed by atoms with van der Waals surface area (Å²) >= 11 is 5.93. The summed E-state index contributed by atoms with van der Waals surface area (Å²) in [5, 5.41) is 39.0. The number of amides is 7. The van der Waals surface area contributed by atoms with Gasteiger partial charge in [0.25, 0.3) is 0 Å². The zero-order chi connectivity index (χ0) is 78.5. The average Bonchev–Trinajstić information content (AvgIpc) is 0.779.